The Balaban J connectivity index is 2.31. The molecule has 0 radical (unpaired) electrons. The Hall–Kier alpha value is -1.99. The zero-order valence-electron chi connectivity index (χ0n) is 14.4. The summed E-state index contributed by atoms with van der Waals surface area (Å²) in [5, 5.41) is 0.770. The summed E-state index contributed by atoms with van der Waals surface area (Å²) in [6, 6.07) is 4.95. The Morgan fingerprint density at radius 2 is 2.08 bits per heavy atom. The van der Waals surface area contributed by atoms with Crippen molar-refractivity contribution < 1.29 is 9.13 Å². The van der Waals surface area contributed by atoms with Gasteiger partial charge in [-0.25, -0.2) is 15.2 Å². The van der Waals surface area contributed by atoms with E-state index in [-0.39, 0.29) is 24.4 Å². The molecule has 0 saturated heterocycles. The largest absolute Gasteiger partial charge is 0.496 e. The topological polar surface area (TPSA) is 72.5 Å². The first-order valence-corrected chi connectivity index (χ1v) is 8.71. The number of hydrogen-bond donors (Lipinski definition) is 2. The summed E-state index contributed by atoms with van der Waals surface area (Å²) in [6.45, 7) is 6.72. The van der Waals surface area contributed by atoms with Crippen LogP contribution in [0.2, 0.25) is 0 Å². The number of pyridine rings is 1. The third-order valence-corrected chi connectivity index (χ3v) is 4.86. The molecule has 132 valence electrons. The van der Waals surface area contributed by atoms with Gasteiger partial charge in [-0.3, -0.25) is 4.99 Å². The fourth-order valence-corrected chi connectivity index (χ4v) is 3.92. The molecule has 0 aliphatic carbocycles. The Morgan fingerprint density at radius 1 is 1.32 bits per heavy atom. The van der Waals surface area contributed by atoms with E-state index in [0.717, 1.165) is 20.8 Å². The van der Waals surface area contributed by atoms with Crippen LogP contribution in [0.25, 0.3) is 6.26 Å². The Labute approximate surface area is 153 Å². The molecule has 3 N–H and O–H groups in total. The van der Waals surface area contributed by atoms with Gasteiger partial charge in [0.2, 0.25) is 0 Å². The number of nitrogens with two attached hydrogens (primary N) is 1. The fraction of sp³-hybridized carbons (Fsp3) is 0.333. The molecule has 2 aromatic rings. The van der Waals surface area contributed by atoms with E-state index in [2.05, 4.69) is 52.1 Å². The number of anilines is 1. The number of nitrogens with one attached hydrogen (secondary N) is 1. The summed E-state index contributed by atoms with van der Waals surface area (Å²) in [6.07, 6.45) is 1.65. The molecule has 7 heteroatoms. The van der Waals surface area contributed by atoms with E-state index in [1.807, 2.05) is 6.07 Å². The molecule has 0 atom stereocenters. The summed E-state index contributed by atoms with van der Waals surface area (Å²) in [7, 11) is 0. The number of rotatable bonds is 1. The second kappa shape index (κ2) is 6.72. The Bertz CT molecular complexity index is 938. The monoisotopic (exact) mass is 406 g/mol. The summed E-state index contributed by atoms with van der Waals surface area (Å²) in [4.78, 5) is 9.02. The maximum absolute atomic E-state index is 14.2. The second-order valence-corrected chi connectivity index (χ2v) is 7.70. The van der Waals surface area contributed by atoms with Crippen LogP contribution in [0, 0.1) is 5.82 Å². The van der Waals surface area contributed by atoms with Gasteiger partial charge >= 0.3 is 0 Å². The van der Waals surface area contributed by atoms with Crippen LogP contribution in [0.4, 0.5) is 10.2 Å². The highest BCUT2D eigenvalue weighted by atomic mass is 79.9. The molecular weight excluding hydrogens is 387 g/mol. The van der Waals surface area contributed by atoms with E-state index in [9.17, 15) is 4.39 Å². The number of halogens is 2. The fourth-order valence-electron chi connectivity index (χ4n) is 2.91. The van der Waals surface area contributed by atoms with Gasteiger partial charge in [0.25, 0.3) is 0 Å². The van der Waals surface area contributed by atoms with Gasteiger partial charge in [-0.15, -0.1) is 0 Å². The van der Waals surface area contributed by atoms with E-state index in [0.29, 0.717) is 16.9 Å². The minimum Gasteiger partial charge on any atom is -0.496 e. The molecule has 2 heterocycles. The smallest absolute Gasteiger partial charge is 0.160 e. The molecule has 1 aromatic carbocycles. The van der Waals surface area contributed by atoms with Gasteiger partial charge in [0.15, 0.2) is 11.3 Å². The highest BCUT2D eigenvalue weighted by Crippen LogP contribution is 2.30. The lowest BCUT2D eigenvalue weighted by Gasteiger charge is -2.22. The molecule has 1 aromatic heterocycles. The molecule has 1 aliphatic heterocycles. The number of benzene rings is 1. The lowest BCUT2D eigenvalue weighted by molar-refractivity contribution is 0.279. The van der Waals surface area contributed by atoms with Crippen molar-refractivity contribution in [2.75, 3.05) is 5.43 Å². The zero-order chi connectivity index (χ0) is 18.2. The number of ether oxygens (including phenoxy) is 1. The van der Waals surface area contributed by atoms with Crippen molar-refractivity contribution in [1.29, 1.82) is 0 Å². The number of nitrogen functional groups attached to an aromatic ring is 1. The Morgan fingerprint density at radius 3 is 2.76 bits per heavy atom. The van der Waals surface area contributed by atoms with Crippen LogP contribution < -0.4 is 22.0 Å². The minimum absolute atomic E-state index is 0.189. The third kappa shape index (κ3) is 3.39. The number of nitrogens with zero attached hydrogens (tertiary/aromatic N) is 2. The van der Waals surface area contributed by atoms with Crippen molar-refractivity contribution in [1.82, 2.24) is 4.98 Å². The molecule has 3 rings (SSSR count). The van der Waals surface area contributed by atoms with Gasteiger partial charge in [0.1, 0.15) is 12.4 Å². The van der Waals surface area contributed by atoms with Crippen molar-refractivity contribution >= 4 is 28.0 Å². The van der Waals surface area contributed by atoms with Crippen LogP contribution in [0.1, 0.15) is 37.5 Å². The lowest BCUT2D eigenvalue weighted by Crippen LogP contribution is -2.39. The molecule has 0 fully saturated rings. The molecule has 0 spiro atoms. The first kappa shape index (κ1) is 17.8. The van der Waals surface area contributed by atoms with Gasteiger partial charge in [-0.2, -0.15) is 0 Å². The highest BCUT2D eigenvalue weighted by molar-refractivity contribution is 9.10. The normalized spacial score (nSPS) is 13.8. The van der Waals surface area contributed by atoms with Crippen LogP contribution >= 0.6 is 15.9 Å². The minimum atomic E-state index is -0.293. The zero-order valence-corrected chi connectivity index (χ0v) is 15.9. The quantitative estimate of drug-likeness (QED) is 0.563. The molecule has 0 bridgehead atoms. The summed E-state index contributed by atoms with van der Waals surface area (Å²) >= 11 is 3.58. The van der Waals surface area contributed by atoms with Crippen LogP contribution in [0.5, 0.6) is 0 Å². The van der Waals surface area contributed by atoms with Crippen molar-refractivity contribution in [3.8, 4) is 0 Å². The van der Waals surface area contributed by atoms with Gasteiger partial charge in [0, 0.05) is 5.56 Å². The number of hydrogen-bond acceptors (Lipinski definition) is 5. The summed E-state index contributed by atoms with van der Waals surface area (Å²) < 4.78 is 20.7. The summed E-state index contributed by atoms with van der Waals surface area (Å²) in [5.74, 6) is 5.80. The molecule has 25 heavy (non-hydrogen) atoms. The van der Waals surface area contributed by atoms with E-state index in [1.165, 1.54) is 6.07 Å². The van der Waals surface area contributed by atoms with Crippen molar-refractivity contribution in [3.63, 3.8) is 0 Å². The van der Waals surface area contributed by atoms with Crippen LogP contribution in [0.3, 0.4) is 0 Å². The first-order valence-electron chi connectivity index (χ1n) is 7.92. The van der Waals surface area contributed by atoms with E-state index < -0.39 is 0 Å². The molecule has 0 unspecified atom stereocenters. The van der Waals surface area contributed by atoms with Crippen molar-refractivity contribution in [2.45, 2.75) is 39.3 Å². The predicted octanol–water partition coefficient (Wildman–Crippen LogP) is 2.65. The van der Waals surface area contributed by atoms with Crippen LogP contribution in [0.15, 0.2) is 27.7 Å². The molecule has 0 saturated carbocycles. The van der Waals surface area contributed by atoms with Gasteiger partial charge in [-0.1, -0.05) is 32.9 Å². The number of fused-ring (bicyclic) bond motifs is 2. The van der Waals surface area contributed by atoms with Gasteiger partial charge in [-0.05, 0) is 38.5 Å². The Kier molecular flexibility index (Phi) is 4.79. The average Bonchev–Trinajstić information content (AvgIpc) is 2.62. The first-order chi connectivity index (χ1) is 11.8. The van der Waals surface area contributed by atoms with E-state index in [4.69, 9.17) is 10.6 Å². The third-order valence-electron chi connectivity index (χ3n) is 4.08. The number of hydrazine groups is 1. The second-order valence-electron chi connectivity index (χ2n) is 6.90. The SMILES string of the molecule is CC(C)(C)c1c(Br)c(NN)nc2c1=COCc1cccc(F)c1CN=2. The highest BCUT2D eigenvalue weighted by Gasteiger charge is 2.23. The van der Waals surface area contributed by atoms with Crippen LogP contribution in [-0.4, -0.2) is 4.98 Å². The maximum Gasteiger partial charge on any atom is 0.160 e. The summed E-state index contributed by atoms with van der Waals surface area (Å²) in [5.41, 5.74) is 5.13. The van der Waals surface area contributed by atoms with E-state index >= 15 is 0 Å². The van der Waals surface area contributed by atoms with Gasteiger partial charge in [0.05, 0.1) is 22.5 Å². The standard InChI is InChI=1S/C18H20BrFN4O/c1-18(2,3)14-12-9-25-8-10-5-4-6-13(20)11(10)7-22-16(12)23-17(24-21)15(14)19/h4-6,9H,7-8,21H2,1-3H3,(H,22,23,24). The maximum atomic E-state index is 14.2. The van der Waals surface area contributed by atoms with Crippen molar-refractivity contribution in [3.05, 3.63) is 55.9 Å². The lowest BCUT2D eigenvalue weighted by atomic mass is 9.86. The van der Waals surface area contributed by atoms with Gasteiger partial charge < -0.3 is 10.2 Å². The van der Waals surface area contributed by atoms with E-state index in [1.54, 1.807) is 12.3 Å². The van der Waals surface area contributed by atoms with Crippen molar-refractivity contribution in [2.24, 2.45) is 10.8 Å². The molecule has 5 nitrogen and oxygen atoms in total. The average molecular weight is 407 g/mol. The molecule has 0 amide bonds. The predicted molar refractivity (Wildman–Crippen MR) is 98.6 cm³/mol. The molecule has 1 aliphatic rings. The molecular formula is C18H20BrFN4O. The number of aromatic nitrogens is 1. The van der Waals surface area contributed by atoms with Crippen LogP contribution in [-0.2, 0) is 23.3 Å².